The Morgan fingerprint density at radius 1 is 0.951 bits per heavy atom. The Bertz CT molecular complexity index is 1780. The van der Waals surface area contributed by atoms with Crippen LogP contribution in [0.2, 0.25) is 0 Å². The van der Waals surface area contributed by atoms with Crippen LogP contribution in [0, 0.1) is 11.6 Å². The van der Waals surface area contributed by atoms with Crippen molar-refractivity contribution < 1.29 is 23.2 Å². The molecule has 9 heteroatoms. The van der Waals surface area contributed by atoms with E-state index in [-0.39, 0.29) is 18.7 Å². The first kappa shape index (κ1) is 27.4. The van der Waals surface area contributed by atoms with Gasteiger partial charge in [0.05, 0.1) is 11.7 Å². The molecular weight excluding hydrogens is 526 g/mol. The predicted octanol–water partition coefficient (Wildman–Crippen LogP) is 5.38. The second kappa shape index (κ2) is 11.5. The summed E-state index contributed by atoms with van der Waals surface area (Å²) in [7, 11) is 0. The van der Waals surface area contributed by atoms with Crippen LogP contribution in [-0.2, 0) is 17.8 Å². The van der Waals surface area contributed by atoms with Crippen molar-refractivity contribution >= 4 is 28.5 Å². The van der Waals surface area contributed by atoms with Crippen LogP contribution >= 0.6 is 0 Å². The van der Waals surface area contributed by atoms with E-state index in [1.54, 1.807) is 53.4 Å². The summed E-state index contributed by atoms with van der Waals surface area (Å²) < 4.78 is 29.9. The minimum atomic E-state index is -0.800. The van der Waals surface area contributed by atoms with E-state index >= 15 is 0 Å². The Hall–Kier alpha value is -5.18. The highest BCUT2D eigenvalue weighted by Gasteiger charge is 2.23. The average Bonchev–Trinajstić information content (AvgIpc) is 3.31. The molecule has 0 radical (unpaired) electrons. The Labute approximate surface area is 234 Å². The largest absolute Gasteiger partial charge is 0.366 e. The summed E-state index contributed by atoms with van der Waals surface area (Å²) in [5, 5.41) is 3.71. The van der Waals surface area contributed by atoms with Gasteiger partial charge < -0.3 is 15.6 Å². The number of para-hydroxylation sites is 1. The molecule has 2 aromatic heterocycles. The quantitative estimate of drug-likeness (QED) is 0.239. The summed E-state index contributed by atoms with van der Waals surface area (Å²) in [6, 6.07) is 19.9. The summed E-state index contributed by atoms with van der Waals surface area (Å²) in [5.41, 5.74) is 9.01. The molecule has 0 saturated carbocycles. The number of rotatable bonds is 9. The molecule has 3 aromatic carbocycles. The molecule has 206 valence electrons. The number of carbonyl (C=O) groups excluding carboxylic acids is 3. The summed E-state index contributed by atoms with van der Waals surface area (Å²) in [6.45, 7) is 1.36. The molecule has 1 atom stereocenters. The summed E-state index contributed by atoms with van der Waals surface area (Å²) in [4.78, 5) is 42.0. The molecule has 0 aliphatic rings. The average molecular weight is 553 g/mol. The molecule has 0 saturated heterocycles. The van der Waals surface area contributed by atoms with Gasteiger partial charge in [-0.2, -0.15) is 0 Å². The van der Waals surface area contributed by atoms with Crippen molar-refractivity contribution in [2.24, 2.45) is 5.73 Å². The maximum absolute atomic E-state index is 14.1. The van der Waals surface area contributed by atoms with E-state index in [0.717, 1.165) is 17.0 Å². The lowest BCUT2D eigenvalue weighted by Crippen LogP contribution is -2.33. The zero-order valence-electron chi connectivity index (χ0n) is 22.1. The topological polar surface area (TPSA) is 107 Å². The van der Waals surface area contributed by atoms with Crippen LogP contribution in [-0.4, -0.2) is 27.1 Å². The van der Waals surface area contributed by atoms with Gasteiger partial charge in [-0.3, -0.25) is 19.4 Å². The van der Waals surface area contributed by atoms with Gasteiger partial charge in [0, 0.05) is 46.1 Å². The first-order valence-electron chi connectivity index (χ1n) is 12.9. The number of aromatic nitrogens is 2. The van der Waals surface area contributed by atoms with Gasteiger partial charge in [0.2, 0.25) is 11.8 Å². The van der Waals surface area contributed by atoms with Crippen LogP contribution in [0.1, 0.15) is 44.9 Å². The van der Waals surface area contributed by atoms with Crippen LogP contribution in [0.25, 0.3) is 22.0 Å². The third-order valence-electron chi connectivity index (χ3n) is 6.81. The van der Waals surface area contributed by atoms with Gasteiger partial charge in [-0.05, 0) is 60.9 Å². The highest BCUT2D eigenvalue weighted by Crippen LogP contribution is 2.30. The van der Waals surface area contributed by atoms with E-state index in [0.29, 0.717) is 33.5 Å². The Kier molecular flexibility index (Phi) is 7.69. The number of halogens is 2. The fourth-order valence-electron chi connectivity index (χ4n) is 5.01. The SMILES string of the molecule is CC(=O)c1cn(CC(=O)N[C@@H](Cc2cc(F)cc(F)c2)c2ncccc2-c2cccc(C(N)=O)c2)c2ccccc12. The van der Waals surface area contributed by atoms with E-state index in [1.807, 2.05) is 24.3 Å². The first-order valence-corrected chi connectivity index (χ1v) is 12.9. The molecular formula is C32H26F2N4O3. The van der Waals surface area contributed by atoms with Crippen molar-refractivity contribution in [1.29, 1.82) is 0 Å². The number of hydrogen-bond donors (Lipinski definition) is 2. The van der Waals surface area contributed by atoms with Crippen molar-refractivity contribution in [1.82, 2.24) is 14.9 Å². The Morgan fingerprint density at radius 3 is 2.44 bits per heavy atom. The van der Waals surface area contributed by atoms with Crippen LogP contribution in [0.4, 0.5) is 8.78 Å². The molecule has 0 bridgehead atoms. The monoisotopic (exact) mass is 552 g/mol. The number of carbonyl (C=O) groups is 3. The molecule has 41 heavy (non-hydrogen) atoms. The number of primary amides is 1. The number of nitrogens with one attached hydrogen (secondary N) is 1. The number of hydrogen-bond acceptors (Lipinski definition) is 4. The number of Topliss-reactive ketones (excluding diaryl/α,β-unsaturated/α-hetero) is 1. The van der Waals surface area contributed by atoms with Crippen molar-refractivity contribution in [2.75, 3.05) is 0 Å². The van der Waals surface area contributed by atoms with Gasteiger partial charge in [-0.1, -0.05) is 36.4 Å². The third-order valence-corrected chi connectivity index (χ3v) is 6.81. The normalized spacial score (nSPS) is 11.8. The zero-order valence-corrected chi connectivity index (χ0v) is 22.1. The lowest BCUT2D eigenvalue weighted by atomic mass is 9.94. The molecule has 5 aromatic rings. The molecule has 7 nitrogen and oxygen atoms in total. The number of pyridine rings is 1. The van der Waals surface area contributed by atoms with Crippen molar-refractivity contribution in [3.8, 4) is 11.1 Å². The van der Waals surface area contributed by atoms with Crippen LogP contribution in [0.3, 0.4) is 0 Å². The Morgan fingerprint density at radius 2 is 1.71 bits per heavy atom. The standard InChI is InChI=1S/C32H26F2N4O3/c1-19(39)27-17-38(29-10-3-2-8-26(27)29)18-30(40)37-28(14-20-12-23(33)16-24(34)13-20)31-25(9-5-11-36-31)21-6-4-7-22(15-21)32(35)41/h2-13,15-17,28H,14,18H2,1H3,(H2,35,41)(H,37,40)/t28-/m0/s1. The molecule has 2 amide bonds. The fourth-order valence-corrected chi connectivity index (χ4v) is 5.01. The molecule has 0 aliphatic heterocycles. The molecule has 3 N–H and O–H groups in total. The second-order valence-electron chi connectivity index (χ2n) is 9.73. The van der Waals surface area contributed by atoms with E-state index in [1.165, 1.54) is 19.1 Å². The van der Waals surface area contributed by atoms with Crippen molar-refractivity contribution in [2.45, 2.75) is 25.9 Å². The summed E-state index contributed by atoms with van der Waals surface area (Å²) in [6.07, 6.45) is 3.23. The van der Waals surface area contributed by atoms with Crippen molar-refractivity contribution in [3.63, 3.8) is 0 Å². The highest BCUT2D eigenvalue weighted by molar-refractivity contribution is 6.07. The van der Waals surface area contributed by atoms with E-state index in [2.05, 4.69) is 10.3 Å². The maximum atomic E-state index is 14.1. The molecule has 0 aliphatic carbocycles. The van der Waals surface area contributed by atoms with Gasteiger partial charge >= 0.3 is 0 Å². The number of nitrogens with zero attached hydrogens (tertiary/aromatic N) is 2. The molecule has 0 unspecified atom stereocenters. The number of ketones is 1. The van der Waals surface area contributed by atoms with Crippen LogP contribution in [0.5, 0.6) is 0 Å². The smallest absolute Gasteiger partial charge is 0.248 e. The van der Waals surface area contributed by atoms with E-state index < -0.39 is 29.5 Å². The fraction of sp³-hybridized carbons (Fsp3) is 0.125. The van der Waals surface area contributed by atoms with Gasteiger partial charge in [-0.15, -0.1) is 0 Å². The van der Waals surface area contributed by atoms with Crippen molar-refractivity contribution in [3.05, 3.63) is 125 Å². The minimum Gasteiger partial charge on any atom is -0.366 e. The number of fused-ring (bicyclic) bond motifs is 1. The van der Waals surface area contributed by atoms with E-state index in [9.17, 15) is 23.2 Å². The molecule has 5 rings (SSSR count). The minimum absolute atomic E-state index is 0.0328. The summed E-state index contributed by atoms with van der Waals surface area (Å²) in [5.74, 6) is -2.60. The van der Waals surface area contributed by atoms with Gasteiger partial charge in [-0.25, -0.2) is 8.78 Å². The van der Waals surface area contributed by atoms with Crippen LogP contribution < -0.4 is 11.1 Å². The number of amides is 2. The summed E-state index contributed by atoms with van der Waals surface area (Å²) >= 11 is 0. The predicted molar refractivity (Wildman–Crippen MR) is 151 cm³/mol. The van der Waals surface area contributed by atoms with E-state index in [4.69, 9.17) is 5.73 Å². The highest BCUT2D eigenvalue weighted by atomic mass is 19.1. The van der Waals surface area contributed by atoms with Gasteiger partial charge in [0.1, 0.15) is 18.2 Å². The maximum Gasteiger partial charge on any atom is 0.248 e. The molecule has 0 fully saturated rings. The Balaban J connectivity index is 1.53. The lowest BCUT2D eigenvalue weighted by molar-refractivity contribution is -0.122. The molecule has 2 heterocycles. The first-order chi connectivity index (χ1) is 19.7. The molecule has 0 spiro atoms. The lowest BCUT2D eigenvalue weighted by Gasteiger charge is -2.22. The second-order valence-corrected chi connectivity index (χ2v) is 9.73. The van der Waals surface area contributed by atoms with Gasteiger partial charge in [0.15, 0.2) is 5.78 Å². The third kappa shape index (κ3) is 6.04. The number of benzene rings is 3. The number of nitrogens with two attached hydrogens (primary N) is 1. The van der Waals surface area contributed by atoms with Gasteiger partial charge in [0.25, 0.3) is 0 Å². The zero-order chi connectivity index (χ0) is 29.1. The van der Waals surface area contributed by atoms with Crippen LogP contribution in [0.15, 0.2) is 91.3 Å².